The number of ether oxygens (including phenoxy) is 4. The first-order valence-corrected chi connectivity index (χ1v) is 10.4. The summed E-state index contributed by atoms with van der Waals surface area (Å²) in [6.07, 6.45) is 1.42. The SMILES string of the molecule is C=C1C(=O)OC2CC(C)C3CC(OCCCl)OC(OCCCl)C3(C)CC12. The Balaban J connectivity index is 1.87. The number of hydrogen-bond acceptors (Lipinski definition) is 5. The molecule has 3 rings (SSSR count). The van der Waals surface area contributed by atoms with Gasteiger partial charge in [-0.1, -0.05) is 20.4 Å². The maximum atomic E-state index is 12.0. The van der Waals surface area contributed by atoms with Crippen molar-refractivity contribution >= 4 is 29.2 Å². The van der Waals surface area contributed by atoms with Gasteiger partial charge in [0.05, 0.1) is 13.2 Å². The number of esters is 1. The molecule has 1 aliphatic carbocycles. The van der Waals surface area contributed by atoms with E-state index in [-0.39, 0.29) is 29.7 Å². The lowest BCUT2D eigenvalue weighted by Gasteiger charge is -2.50. The number of hydrogen-bond donors (Lipinski definition) is 0. The van der Waals surface area contributed by atoms with Crippen LogP contribution in [0.3, 0.4) is 0 Å². The second kappa shape index (κ2) is 8.36. The topological polar surface area (TPSA) is 54.0 Å². The number of carbonyl (C=O) groups excluding carboxylic acids is 1. The highest BCUT2D eigenvalue weighted by Crippen LogP contribution is 2.55. The normalized spacial score (nSPS) is 42.8. The van der Waals surface area contributed by atoms with Crippen LogP contribution in [0.5, 0.6) is 0 Å². The first-order valence-electron chi connectivity index (χ1n) is 9.31. The van der Waals surface area contributed by atoms with Crippen LogP contribution in [0.15, 0.2) is 12.2 Å². The van der Waals surface area contributed by atoms with Crippen LogP contribution in [-0.2, 0) is 23.7 Å². The van der Waals surface area contributed by atoms with E-state index in [0.717, 1.165) is 19.3 Å². The van der Waals surface area contributed by atoms with Crippen molar-refractivity contribution in [2.75, 3.05) is 25.0 Å². The highest BCUT2D eigenvalue weighted by Gasteiger charge is 2.57. The minimum Gasteiger partial charge on any atom is -0.458 e. The van der Waals surface area contributed by atoms with Crippen LogP contribution in [-0.4, -0.2) is 49.6 Å². The predicted molar refractivity (Wildman–Crippen MR) is 99.1 cm³/mol. The van der Waals surface area contributed by atoms with Crippen LogP contribution in [0.25, 0.3) is 0 Å². The number of carbonyl (C=O) groups is 1. The molecule has 3 fully saturated rings. The van der Waals surface area contributed by atoms with E-state index in [2.05, 4.69) is 20.4 Å². The summed E-state index contributed by atoms with van der Waals surface area (Å²) in [5.74, 6) is 1.20. The van der Waals surface area contributed by atoms with Crippen molar-refractivity contribution in [2.24, 2.45) is 23.2 Å². The third-order valence-electron chi connectivity index (χ3n) is 6.20. The van der Waals surface area contributed by atoms with E-state index >= 15 is 0 Å². The first-order chi connectivity index (χ1) is 12.4. The van der Waals surface area contributed by atoms with E-state index < -0.39 is 6.29 Å². The molecule has 7 unspecified atom stereocenters. The Morgan fingerprint density at radius 1 is 1.23 bits per heavy atom. The van der Waals surface area contributed by atoms with Gasteiger partial charge in [0.25, 0.3) is 0 Å². The average Bonchev–Trinajstić information content (AvgIpc) is 2.80. The van der Waals surface area contributed by atoms with Gasteiger partial charge in [-0.25, -0.2) is 4.79 Å². The molecule has 7 atom stereocenters. The van der Waals surface area contributed by atoms with Crippen LogP contribution in [0, 0.1) is 23.2 Å². The summed E-state index contributed by atoms with van der Waals surface area (Å²) >= 11 is 11.6. The third-order valence-corrected chi connectivity index (χ3v) is 6.51. The summed E-state index contributed by atoms with van der Waals surface area (Å²) in [5.41, 5.74) is 0.295. The summed E-state index contributed by atoms with van der Waals surface area (Å²) in [6.45, 7) is 9.21. The molecule has 148 valence electrons. The molecular weight excluding hydrogens is 379 g/mol. The molecule has 0 spiro atoms. The highest BCUT2D eigenvalue weighted by atomic mass is 35.5. The lowest BCUT2D eigenvalue weighted by molar-refractivity contribution is -0.328. The number of fused-ring (bicyclic) bond motifs is 2. The van der Waals surface area contributed by atoms with Gasteiger partial charge in [0.15, 0.2) is 12.6 Å². The molecule has 0 bridgehead atoms. The fourth-order valence-corrected chi connectivity index (χ4v) is 5.12. The Bertz CT molecular complexity index is 542. The zero-order valence-corrected chi connectivity index (χ0v) is 16.9. The van der Waals surface area contributed by atoms with Gasteiger partial charge < -0.3 is 18.9 Å². The minimum atomic E-state index is -0.454. The van der Waals surface area contributed by atoms with E-state index in [1.54, 1.807) is 0 Å². The van der Waals surface area contributed by atoms with Crippen molar-refractivity contribution in [2.45, 2.75) is 51.8 Å². The third kappa shape index (κ3) is 3.79. The zero-order chi connectivity index (χ0) is 18.9. The van der Waals surface area contributed by atoms with Crippen molar-refractivity contribution in [3.05, 3.63) is 12.2 Å². The minimum absolute atomic E-state index is 0.00552. The lowest BCUT2D eigenvalue weighted by Crippen LogP contribution is -2.53. The molecule has 0 aromatic heterocycles. The van der Waals surface area contributed by atoms with Crippen molar-refractivity contribution in [3.63, 3.8) is 0 Å². The molecule has 2 heterocycles. The van der Waals surface area contributed by atoms with Crippen LogP contribution in [0.1, 0.15) is 33.1 Å². The van der Waals surface area contributed by atoms with Crippen LogP contribution < -0.4 is 0 Å². The van der Waals surface area contributed by atoms with E-state index in [4.69, 9.17) is 42.1 Å². The second-order valence-electron chi connectivity index (χ2n) is 7.86. The summed E-state index contributed by atoms with van der Waals surface area (Å²) in [7, 11) is 0. The van der Waals surface area contributed by atoms with Gasteiger partial charge in [-0.05, 0) is 24.7 Å². The van der Waals surface area contributed by atoms with Gasteiger partial charge in [0.1, 0.15) is 6.10 Å². The fraction of sp³-hybridized carbons (Fsp3) is 0.842. The van der Waals surface area contributed by atoms with Crippen molar-refractivity contribution in [1.82, 2.24) is 0 Å². The van der Waals surface area contributed by atoms with Gasteiger partial charge in [0.2, 0.25) is 0 Å². The van der Waals surface area contributed by atoms with Gasteiger partial charge in [-0.3, -0.25) is 0 Å². The summed E-state index contributed by atoms with van der Waals surface area (Å²) in [4.78, 5) is 12.0. The van der Waals surface area contributed by atoms with Crippen LogP contribution >= 0.6 is 23.2 Å². The molecule has 7 heteroatoms. The molecular formula is C19H28Cl2O5. The van der Waals surface area contributed by atoms with E-state index in [1.165, 1.54) is 0 Å². The maximum absolute atomic E-state index is 12.0. The Morgan fingerprint density at radius 2 is 1.92 bits per heavy atom. The Kier molecular flexibility index (Phi) is 6.56. The summed E-state index contributed by atoms with van der Waals surface area (Å²) in [6, 6.07) is 0. The number of rotatable bonds is 6. The molecule has 2 aliphatic heterocycles. The number of alkyl halides is 2. The van der Waals surface area contributed by atoms with Gasteiger partial charge in [-0.15, -0.1) is 23.2 Å². The van der Waals surface area contributed by atoms with Crippen molar-refractivity contribution in [1.29, 1.82) is 0 Å². The molecule has 3 aliphatic rings. The van der Waals surface area contributed by atoms with Crippen LogP contribution in [0.4, 0.5) is 0 Å². The Morgan fingerprint density at radius 3 is 2.62 bits per heavy atom. The molecule has 0 aromatic rings. The molecule has 2 saturated heterocycles. The fourth-order valence-electron chi connectivity index (χ4n) is 4.94. The molecule has 0 N–H and O–H groups in total. The van der Waals surface area contributed by atoms with Gasteiger partial charge in [-0.2, -0.15) is 0 Å². The smallest absolute Gasteiger partial charge is 0.334 e. The lowest BCUT2D eigenvalue weighted by atomic mass is 9.65. The van der Waals surface area contributed by atoms with E-state index in [9.17, 15) is 4.79 Å². The van der Waals surface area contributed by atoms with E-state index in [0.29, 0.717) is 42.4 Å². The van der Waals surface area contributed by atoms with E-state index in [1.807, 2.05) is 0 Å². The molecule has 1 saturated carbocycles. The quantitative estimate of drug-likeness (QED) is 0.382. The molecule has 0 radical (unpaired) electrons. The highest BCUT2D eigenvalue weighted by molar-refractivity contribution is 6.18. The van der Waals surface area contributed by atoms with Crippen LogP contribution in [0.2, 0.25) is 0 Å². The monoisotopic (exact) mass is 406 g/mol. The van der Waals surface area contributed by atoms with Crippen molar-refractivity contribution < 1.29 is 23.7 Å². The Labute approximate surface area is 165 Å². The molecule has 5 nitrogen and oxygen atoms in total. The molecule has 0 aromatic carbocycles. The maximum Gasteiger partial charge on any atom is 0.334 e. The predicted octanol–water partition coefficient (Wildman–Crippen LogP) is 3.72. The molecule has 0 amide bonds. The first kappa shape index (κ1) is 20.4. The average molecular weight is 407 g/mol. The van der Waals surface area contributed by atoms with Gasteiger partial charge >= 0.3 is 5.97 Å². The second-order valence-corrected chi connectivity index (χ2v) is 8.61. The standard InChI is InChI=1S/C19H28Cl2O5/c1-11-8-15-13(12(2)17(22)25-15)10-19(3)14(11)9-16(23-6-4-20)26-18(19)24-7-5-21/h11,13-16,18H,2,4-10H2,1,3H3. The zero-order valence-electron chi connectivity index (χ0n) is 15.4. The summed E-state index contributed by atoms with van der Waals surface area (Å²) < 4.78 is 23.6. The van der Waals surface area contributed by atoms with Crippen molar-refractivity contribution in [3.8, 4) is 0 Å². The largest absolute Gasteiger partial charge is 0.458 e. The Hall–Kier alpha value is -0.330. The summed E-state index contributed by atoms with van der Waals surface area (Å²) in [5, 5.41) is 0. The number of halogens is 2. The molecule has 26 heavy (non-hydrogen) atoms. The van der Waals surface area contributed by atoms with Gasteiger partial charge in [0, 0.05) is 35.1 Å².